The van der Waals surface area contributed by atoms with Crippen molar-refractivity contribution in [2.24, 2.45) is 0 Å². The lowest BCUT2D eigenvalue weighted by Crippen LogP contribution is -2.40. The maximum atomic E-state index is 12.0. The minimum absolute atomic E-state index is 0.200. The molecule has 0 atom stereocenters. The molecule has 164 valence electrons. The molecule has 0 bridgehead atoms. The third kappa shape index (κ3) is 6.43. The standard InChI is InChI=1S/C28H30O3Si/c1-28(2,3)32(4,5)30-21-23-11-14-24(15-12-23)25-16-18-26(19-17-25)31-27(29)20-13-22-9-7-6-8-10-22/h6-12,14-19H,21H2,1-5H3. The summed E-state index contributed by atoms with van der Waals surface area (Å²) in [6.45, 7) is 11.9. The van der Waals surface area contributed by atoms with Crippen LogP contribution in [-0.4, -0.2) is 14.3 Å². The van der Waals surface area contributed by atoms with E-state index in [1.165, 1.54) is 5.56 Å². The summed E-state index contributed by atoms with van der Waals surface area (Å²) in [6.07, 6.45) is 0. The van der Waals surface area contributed by atoms with Crippen molar-refractivity contribution in [2.75, 3.05) is 0 Å². The van der Waals surface area contributed by atoms with Gasteiger partial charge in [-0.05, 0) is 59.1 Å². The first-order chi connectivity index (χ1) is 15.1. The SMILES string of the molecule is CC(C)(C)[Si](C)(C)OCc1ccc(-c2ccc(OC(=O)C#Cc3ccccc3)cc2)cc1. The van der Waals surface area contributed by atoms with Crippen LogP contribution in [0.4, 0.5) is 0 Å². The Balaban J connectivity index is 1.59. The van der Waals surface area contributed by atoms with E-state index < -0.39 is 14.3 Å². The van der Waals surface area contributed by atoms with Crippen LogP contribution in [-0.2, 0) is 15.8 Å². The minimum atomic E-state index is -1.76. The number of carbonyl (C=O) groups excluding carboxylic acids is 1. The van der Waals surface area contributed by atoms with Crippen LogP contribution >= 0.6 is 0 Å². The van der Waals surface area contributed by atoms with Gasteiger partial charge in [0, 0.05) is 11.5 Å². The van der Waals surface area contributed by atoms with Gasteiger partial charge in [0.2, 0.25) is 0 Å². The fourth-order valence-electron chi connectivity index (χ4n) is 2.77. The molecule has 0 aliphatic carbocycles. The molecule has 3 aromatic carbocycles. The normalized spacial score (nSPS) is 11.4. The summed E-state index contributed by atoms with van der Waals surface area (Å²) >= 11 is 0. The first-order valence-electron chi connectivity index (χ1n) is 10.8. The summed E-state index contributed by atoms with van der Waals surface area (Å²) in [4.78, 5) is 12.0. The van der Waals surface area contributed by atoms with Crippen LogP contribution in [0.5, 0.6) is 5.75 Å². The molecule has 0 fully saturated rings. The molecule has 0 saturated heterocycles. The molecule has 0 N–H and O–H groups in total. The monoisotopic (exact) mass is 442 g/mol. The van der Waals surface area contributed by atoms with Crippen LogP contribution in [0, 0.1) is 11.8 Å². The summed E-state index contributed by atoms with van der Waals surface area (Å²) < 4.78 is 11.6. The minimum Gasteiger partial charge on any atom is -0.417 e. The number of carbonyl (C=O) groups is 1. The second kappa shape index (κ2) is 9.99. The van der Waals surface area contributed by atoms with Gasteiger partial charge in [-0.15, -0.1) is 0 Å². The van der Waals surface area contributed by atoms with Crippen LogP contribution in [0.15, 0.2) is 78.9 Å². The Hall–Kier alpha value is -3.13. The van der Waals surface area contributed by atoms with Crippen molar-refractivity contribution in [1.82, 2.24) is 0 Å². The average Bonchev–Trinajstić information content (AvgIpc) is 2.77. The van der Waals surface area contributed by atoms with Crippen LogP contribution in [0.1, 0.15) is 31.9 Å². The summed E-state index contributed by atoms with van der Waals surface area (Å²) in [7, 11) is -1.76. The van der Waals surface area contributed by atoms with Crippen molar-refractivity contribution in [2.45, 2.75) is 45.5 Å². The maximum absolute atomic E-state index is 12.0. The largest absolute Gasteiger partial charge is 0.417 e. The Morgan fingerprint density at radius 1 is 0.844 bits per heavy atom. The third-order valence-corrected chi connectivity index (χ3v) is 10.3. The molecule has 3 aromatic rings. The van der Waals surface area contributed by atoms with Crippen LogP contribution in [0.2, 0.25) is 18.1 Å². The molecule has 3 rings (SSSR count). The van der Waals surface area contributed by atoms with Gasteiger partial charge in [0.15, 0.2) is 8.32 Å². The number of hydrogen-bond acceptors (Lipinski definition) is 3. The zero-order valence-electron chi connectivity index (χ0n) is 19.4. The molecular weight excluding hydrogens is 412 g/mol. The Labute approximate surface area is 192 Å². The van der Waals surface area contributed by atoms with Gasteiger partial charge >= 0.3 is 5.97 Å². The van der Waals surface area contributed by atoms with Gasteiger partial charge in [-0.1, -0.05) is 81.3 Å². The second-order valence-corrected chi connectivity index (χ2v) is 14.1. The smallest absolute Gasteiger partial charge is 0.390 e. The quantitative estimate of drug-likeness (QED) is 0.188. The van der Waals surface area contributed by atoms with Crippen molar-refractivity contribution in [3.8, 4) is 28.7 Å². The first kappa shape index (κ1) is 23.5. The van der Waals surface area contributed by atoms with E-state index in [1.807, 2.05) is 42.5 Å². The van der Waals surface area contributed by atoms with Gasteiger partial charge in [-0.3, -0.25) is 0 Å². The molecule has 4 heteroatoms. The molecule has 0 aromatic heterocycles. The number of hydrogen-bond donors (Lipinski definition) is 0. The number of ether oxygens (including phenoxy) is 1. The molecule has 0 aliphatic heterocycles. The first-order valence-corrected chi connectivity index (χ1v) is 13.7. The lowest BCUT2D eigenvalue weighted by molar-refractivity contribution is -0.128. The highest BCUT2D eigenvalue weighted by molar-refractivity contribution is 6.74. The lowest BCUT2D eigenvalue weighted by atomic mass is 10.0. The highest BCUT2D eigenvalue weighted by Crippen LogP contribution is 2.37. The number of benzene rings is 3. The van der Waals surface area contributed by atoms with Gasteiger partial charge in [-0.2, -0.15) is 0 Å². The predicted molar refractivity (Wildman–Crippen MR) is 133 cm³/mol. The Morgan fingerprint density at radius 2 is 1.41 bits per heavy atom. The van der Waals surface area contributed by atoms with E-state index in [9.17, 15) is 4.79 Å². The van der Waals surface area contributed by atoms with E-state index in [2.05, 4.69) is 70.0 Å². The maximum Gasteiger partial charge on any atom is 0.390 e. The van der Waals surface area contributed by atoms with Crippen LogP contribution < -0.4 is 4.74 Å². The van der Waals surface area contributed by atoms with Gasteiger partial charge in [0.05, 0.1) is 6.61 Å². The van der Waals surface area contributed by atoms with E-state index in [4.69, 9.17) is 9.16 Å². The van der Waals surface area contributed by atoms with Gasteiger partial charge < -0.3 is 9.16 Å². The third-order valence-electron chi connectivity index (χ3n) is 5.84. The Kier molecular flexibility index (Phi) is 7.35. The van der Waals surface area contributed by atoms with Gasteiger partial charge in [0.25, 0.3) is 0 Å². The fourth-order valence-corrected chi connectivity index (χ4v) is 3.73. The fraction of sp³-hybridized carbons (Fsp3) is 0.250. The van der Waals surface area contributed by atoms with Crippen molar-refractivity contribution in [3.05, 3.63) is 90.0 Å². The Morgan fingerprint density at radius 3 is 1.97 bits per heavy atom. The topological polar surface area (TPSA) is 35.5 Å². The molecule has 0 heterocycles. The van der Waals surface area contributed by atoms with Gasteiger partial charge in [0.1, 0.15) is 5.75 Å². The van der Waals surface area contributed by atoms with Crippen molar-refractivity contribution in [3.63, 3.8) is 0 Å². The molecule has 32 heavy (non-hydrogen) atoms. The predicted octanol–water partition coefficient (Wildman–Crippen LogP) is 6.83. The van der Waals surface area contributed by atoms with E-state index in [-0.39, 0.29) is 5.04 Å². The van der Waals surface area contributed by atoms with E-state index in [0.29, 0.717) is 12.4 Å². The summed E-state index contributed by atoms with van der Waals surface area (Å²) in [5.74, 6) is 5.21. The molecule has 0 aliphatic rings. The van der Waals surface area contributed by atoms with Gasteiger partial charge in [-0.25, -0.2) is 4.79 Å². The number of rotatable bonds is 5. The highest BCUT2D eigenvalue weighted by atomic mass is 28.4. The molecule has 0 saturated carbocycles. The summed E-state index contributed by atoms with van der Waals surface area (Å²) in [5, 5.41) is 0.200. The van der Waals surface area contributed by atoms with E-state index in [1.54, 1.807) is 12.1 Å². The molecule has 0 unspecified atom stereocenters. The average molecular weight is 443 g/mol. The zero-order valence-corrected chi connectivity index (χ0v) is 20.4. The summed E-state index contributed by atoms with van der Waals surface area (Å²) in [6, 6.07) is 25.2. The molecule has 0 amide bonds. The zero-order chi connectivity index (χ0) is 23.2. The highest BCUT2D eigenvalue weighted by Gasteiger charge is 2.36. The lowest BCUT2D eigenvalue weighted by Gasteiger charge is -2.36. The van der Waals surface area contributed by atoms with Crippen molar-refractivity contribution in [1.29, 1.82) is 0 Å². The van der Waals surface area contributed by atoms with Crippen LogP contribution in [0.3, 0.4) is 0 Å². The van der Waals surface area contributed by atoms with Crippen molar-refractivity contribution < 1.29 is 14.0 Å². The van der Waals surface area contributed by atoms with Crippen molar-refractivity contribution >= 4 is 14.3 Å². The van der Waals surface area contributed by atoms with Crippen LogP contribution in [0.25, 0.3) is 11.1 Å². The summed E-state index contributed by atoms with van der Waals surface area (Å²) in [5.41, 5.74) is 4.10. The second-order valence-electron chi connectivity index (χ2n) is 9.28. The molecule has 3 nitrogen and oxygen atoms in total. The Bertz CT molecular complexity index is 1100. The molecule has 0 spiro atoms. The number of esters is 1. The van der Waals surface area contributed by atoms with E-state index in [0.717, 1.165) is 16.7 Å². The molecular formula is C28H30O3Si. The van der Waals surface area contributed by atoms with E-state index >= 15 is 0 Å². The molecule has 0 radical (unpaired) electrons.